The first kappa shape index (κ1) is 15.4. The van der Waals surface area contributed by atoms with Gasteiger partial charge in [0.15, 0.2) is 0 Å². The van der Waals surface area contributed by atoms with Crippen LogP contribution in [0.15, 0.2) is 46.9 Å². The van der Waals surface area contributed by atoms with Gasteiger partial charge in [0.1, 0.15) is 5.75 Å². The van der Waals surface area contributed by atoms with Gasteiger partial charge in [-0.15, -0.1) is 0 Å². The molecule has 0 aliphatic rings. The van der Waals surface area contributed by atoms with E-state index in [2.05, 4.69) is 34.2 Å². The third-order valence-electron chi connectivity index (χ3n) is 3.22. The fraction of sp³-hybridized carbons (Fsp3) is 0.250. The molecule has 20 heavy (non-hydrogen) atoms. The summed E-state index contributed by atoms with van der Waals surface area (Å²) in [7, 11) is 1.70. The van der Waals surface area contributed by atoms with Crippen molar-refractivity contribution in [2.24, 2.45) is 0 Å². The number of methoxy groups -OCH3 is 1. The molecule has 0 heterocycles. The van der Waals surface area contributed by atoms with Gasteiger partial charge in [-0.2, -0.15) is 0 Å². The lowest BCUT2D eigenvalue weighted by atomic mass is 10.1. The van der Waals surface area contributed by atoms with Crippen LogP contribution < -0.4 is 10.1 Å². The number of halogens is 2. The van der Waals surface area contributed by atoms with Gasteiger partial charge in [-0.3, -0.25) is 0 Å². The van der Waals surface area contributed by atoms with Gasteiger partial charge in [0, 0.05) is 27.6 Å². The van der Waals surface area contributed by atoms with Gasteiger partial charge in [-0.1, -0.05) is 51.8 Å². The summed E-state index contributed by atoms with van der Waals surface area (Å²) >= 11 is 9.48. The fourth-order valence-electron chi connectivity index (χ4n) is 2.06. The molecule has 0 aliphatic carbocycles. The largest absolute Gasteiger partial charge is 0.496 e. The highest BCUT2D eigenvalue weighted by Crippen LogP contribution is 2.26. The molecule has 0 saturated heterocycles. The minimum Gasteiger partial charge on any atom is -0.496 e. The van der Waals surface area contributed by atoms with Crippen LogP contribution in [0.25, 0.3) is 0 Å². The van der Waals surface area contributed by atoms with Crippen molar-refractivity contribution in [3.05, 3.63) is 63.1 Å². The first-order valence-electron chi connectivity index (χ1n) is 6.42. The first-order valence-corrected chi connectivity index (χ1v) is 7.59. The number of rotatable bonds is 5. The van der Waals surface area contributed by atoms with Crippen LogP contribution in [0.3, 0.4) is 0 Å². The summed E-state index contributed by atoms with van der Waals surface area (Å²) in [6.45, 7) is 2.89. The molecule has 0 spiro atoms. The second kappa shape index (κ2) is 7.11. The zero-order chi connectivity index (χ0) is 14.5. The van der Waals surface area contributed by atoms with Crippen molar-refractivity contribution in [2.45, 2.75) is 19.5 Å². The van der Waals surface area contributed by atoms with E-state index in [1.54, 1.807) is 7.11 Å². The Morgan fingerprint density at radius 3 is 2.70 bits per heavy atom. The van der Waals surface area contributed by atoms with E-state index in [-0.39, 0.29) is 6.04 Å². The number of ether oxygens (including phenoxy) is 1. The average molecular weight is 355 g/mol. The van der Waals surface area contributed by atoms with Crippen molar-refractivity contribution < 1.29 is 4.74 Å². The van der Waals surface area contributed by atoms with Crippen LogP contribution in [-0.2, 0) is 6.54 Å². The molecule has 0 saturated carbocycles. The third kappa shape index (κ3) is 3.75. The number of benzene rings is 2. The molecule has 0 radical (unpaired) electrons. The number of nitrogens with one attached hydrogen (secondary N) is 1. The monoisotopic (exact) mass is 353 g/mol. The first-order chi connectivity index (χ1) is 9.61. The van der Waals surface area contributed by atoms with Gasteiger partial charge < -0.3 is 10.1 Å². The lowest BCUT2D eigenvalue weighted by Crippen LogP contribution is -2.18. The highest BCUT2D eigenvalue weighted by molar-refractivity contribution is 9.10. The molecule has 0 bridgehead atoms. The van der Waals surface area contributed by atoms with Gasteiger partial charge in [-0.25, -0.2) is 0 Å². The average Bonchev–Trinajstić information content (AvgIpc) is 2.46. The van der Waals surface area contributed by atoms with Crippen LogP contribution in [0.4, 0.5) is 0 Å². The van der Waals surface area contributed by atoms with E-state index in [1.165, 1.54) is 5.56 Å². The summed E-state index contributed by atoms with van der Waals surface area (Å²) < 4.78 is 6.41. The Balaban J connectivity index is 2.06. The molecule has 2 aromatic carbocycles. The molecular formula is C16H17BrClNO. The summed E-state index contributed by atoms with van der Waals surface area (Å²) in [6.07, 6.45) is 0. The van der Waals surface area contributed by atoms with Gasteiger partial charge in [0.05, 0.1) is 7.11 Å². The lowest BCUT2D eigenvalue weighted by molar-refractivity contribution is 0.401. The van der Waals surface area contributed by atoms with E-state index in [0.717, 1.165) is 27.4 Å². The standard InChI is InChI=1S/C16H17BrClNO/c1-11(14-5-3-4-6-16(14)20-2)19-10-12-7-8-13(18)9-15(12)17/h3-9,11,19H,10H2,1-2H3/t11-/m0/s1. The predicted octanol–water partition coefficient (Wildman–Crippen LogP) is 4.96. The zero-order valence-electron chi connectivity index (χ0n) is 11.5. The molecule has 0 amide bonds. The van der Waals surface area contributed by atoms with E-state index in [9.17, 15) is 0 Å². The second-order valence-corrected chi connectivity index (χ2v) is 5.87. The van der Waals surface area contributed by atoms with E-state index >= 15 is 0 Å². The molecule has 1 N–H and O–H groups in total. The lowest BCUT2D eigenvalue weighted by Gasteiger charge is -2.17. The molecule has 4 heteroatoms. The molecule has 0 unspecified atom stereocenters. The minimum atomic E-state index is 0.203. The smallest absolute Gasteiger partial charge is 0.123 e. The molecular weight excluding hydrogens is 338 g/mol. The second-order valence-electron chi connectivity index (χ2n) is 4.58. The van der Waals surface area contributed by atoms with Crippen LogP contribution in [0, 0.1) is 0 Å². The van der Waals surface area contributed by atoms with E-state index in [0.29, 0.717) is 0 Å². The Kier molecular flexibility index (Phi) is 5.46. The quantitative estimate of drug-likeness (QED) is 0.819. The van der Waals surface area contributed by atoms with Crippen LogP contribution in [-0.4, -0.2) is 7.11 Å². The maximum atomic E-state index is 5.95. The topological polar surface area (TPSA) is 21.3 Å². The molecule has 0 aliphatic heterocycles. The Labute approximate surface area is 133 Å². The van der Waals surface area contributed by atoms with Crippen LogP contribution >= 0.6 is 27.5 Å². The fourth-order valence-corrected chi connectivity index (χ4v) is 2.89. The normalized spacial score (nSPS) is 12.2. The van der Waals surface area contributed by atoms with Crippen molar-refractivity contribution in [1.29, 1.82) is 0 Å². The Morgan fingerprint density at radius 2 is 2.00 bits per heavy atom. The summed E-state index contributed by atoms with van der Waals surface area (Å²) in [6, 6.07) is 14.1. The van der Waals surface area contributed by atoms with E-state index < -0.39 is 0 Å². The number of para-hydroxylation sites is 1. The third-order valence-corrected chi connectivity index (χ3v) is 4.19. The van der Waals surface area contributed by atoms with Crippen LogP contribution in [0.2, 0.25) is 5.02 Å². The Bertz CT molecular complexity index is 588. The van der Waals surface area contributed by atoms with Gasteiger partial charge in [-0.05, 0) is 30.7 Å². The van der Waals surface area contributed by atoms with Gasteiger partial charge in [0.2, 0.25) is 0 Å². The molecule has 0 aromatic heterocycles. The SMILES string of the molecule is COc1ccccc1[C@H](C)NCc1ccc(Cl)cc1Br. The predicted molar refractivity (Wildman–Crippen MR) is 87.4 cm³/mol. The van der Waals surface area contributed by atoms with E-state index in [4.69, 9.17) is 16.3 Å². The van der Waals surface area contributed by atoms with Crippen molar-refractivity contribution >= 4 is 27.5 Å². The Hall–Kier alpha value is -1.03. The molecule has 106 valence electrons. The highest BCUT2D eigenvalue weighted by atomic mass is 79.9. The summed E-state index contributed by atoms with van der Waals surface area (Å²) in [5.41, 5.74) is 2.33. The van der Waals surface area contributed by atoms with Crippen molar-refractivity contribution in [3.8, 4) is 5.75 Å². The minimum absolute atomic E-state index is 0.203. The molecule has 2 aromatic rings. The molecule has 2 nitrogen and oxygen atoms in total. The zero-order valence-corrected chi connectivity index (χ0v) is 13.8. The van der Waals surface area contributed by atoms with Crippen molar-refractivity contribution in [2.75, 3.05) is 7.11 Å². The summed E-state index contributed by atoms with van der Waals surface area (Å²) in [5.74, 6) is 0.905. The van der Waals surface area contributed by atoms with Crippen molar-refractivity contribution in [3.63, 3.8) is 0 Å². The Morgan fingerprint density at radius 1 is 1.25 bits per heavy atom. The number of hydrogen-bond acceptors (Lipinski definition) is 2. The van der Waals surface area contributed by atoms with Crippen LogP contribution in [0.5, 0.6) is 5.75 Å². The van der Waals surface area contributed by atoms with Crippen molar-refractivity contribution in [1.82, 2.24) is 5.32 Å². The van der Waals surface area contributed by atoms with Gasteiger partial charge >= 0.3 is 0 Å². The highest BCUT2D eigenvalue weighted by Gasteiger charge is 2.10. The van der Waals surface area contributed by atoms with Crippen LogP contribution in [0.1, 0.15) is 24.1 Å². The maximum absolute atomic E-state index is 5.95. The summed E-state index contributed by atoms with van der Waals surface area (Å²) in [5, 5.41) is 4.23. The molecule has 2 rings (SSSR count). The molecule has 0 fully saturated rings. The van der Waals surface area contributed by atoms with Gasteiger partial charge in [0.25, 0.3) is 0 Å². The summed E-state index contributed by atoms with van der Waals surface area (Å²) in [4.78, 5) is 0. The van der Waals surface area contributed by atoms with E-state index in [1.807, 2.05) is 36.4 Å². The number of hydrogen-bond donors (Lipinski definition) is 1. The maximum Gasteiger partial charge on any atom is 0.123 e. The molecule has 1 atom stereocenters.